The number of aryl methyl sites for hydroxylation is 1. The molecule has 7 heteroatoms. The number of morpholine rings is 1. The van der Waals surface area contributed by atoms with Gasteiger partial charge >= 0.3 is 0 Å². The van der Waals surface area contributed by atoms with Crippen molar-refractivity contribution in [1.82, 2.24) is 4.98 Å². The Morgan fingerprint density at radius 3 is 2.77 bits per heavy atom. The molecule has 1 aromatic heterocycles. The van der Waals surface area contributed by atoms with Crippen LogP contribution in [0, 0.1) is 6.92 Å². The van der Waals surface area contributed by atoms with Gasteiger partial charge in [-0.15, -0.1) is 11.3 Å². The fraction of sp³-hybridized carbons (Fsp3) is 0.250. The summed E-state index contributed by atoms with van der Waals surface area (Å²) in [4.78, 5) is 19.3. The molecule has 0 radical (unpaired) electrons. The van der Waals surface area contributed by atoms with E-state index in [0.717, 1.165) is 40.7 Å². The number of anilines is 2. The van der Waals surface area contributed by atoms with Crippen LogP contribution in [0.15, 0.2) is 60.0 Å². The molecule has 160 valence electrons. The van der Waals surface area contributed by atoms with Crippen molar-refractivity contribution >= 4 is 34.7 Å². The smallest absolute Gasteiger partial charge is 0.248 e. The molecule has 1 aliphatic heterocycles. The molecule has 1 saturated heterocycles. The molecule has 2 heterocycles. The molecule has 2 aromatic carbocycles. The van der Waals surface area contributed by atoms with Crippen molar-refractivity contribution in [1.29, 1.82) is 0 Å². The summed E-state index contributed by atoms with van der Waals surface area (Å²) in [5.41, 5.74) is 3.54. The molecule has 1 aliphatic rings. The van der Waals surface area contributed by atoms with Crippen molar-refractivity contribution in [2.75, 3.05) is 36.5 Å². The van der Waals surface area contributed by atoms with E-state index >= 15 is 0 Å². The largest absolute Gasteiger partial charge is 0.487 e. The van der Waals surface area contributed by atoms with Gasteiger partial charge in [0.05, 0.1) is 35.3 Å². The second-order valence-corrected chi connectivity index (χ2v) is 8.19. The van der Waals surface area contributed by atoms with E-state index in [-0.39, 0.29) is 5.91 Å². The first-order chi connectivity index (χ1) is 15.2. The first-order valence-corrected chi connectivity index (χ1v) is 11.1. The zero-order valence-corrected chi connectivity index (χ0v) is 18.2. The topological polar surface area (TPSA) is 63.7 Å². The monoisotopic (exact) mass is 435 g/mol. The molecule has 4 rings (SSSR count). The van der Waals surface area contributed by atoms with Crippen molar-refractivity contribution in [2.45, 2.75) is 13.5 Å². The number of nitrogens with zero attached hydrogens (tertiary/aromatic N) is 2. The van der Waals surface area contributed by atoms with Gasteiger partial charge in [0.1, 0.15) is 12.4 Å². The molecule has 31 heavy (non-hydrogen) atoms. The van der Waals surface area contributed by atoms with Gasteiger partial charge in [-0.1, -0.05) is 30.3 Å². The number of thiazole rings is 1. The molecule has 6 nitrogen and oxygen atoms in total. The van der Waals surface area contributed by atoms with Crippen LogP contribution < -0.4 is 15.0 Å². The molecular weight excluding hydrogens is 410 g/mol. The zero-order chi connectivity index (χ0) is 21.5. The van der Waals surface area contributed by atoms with Gasteiger partial charge in [0.2, 0.25) is 5.91 Å². The van der Waals surface area contributed by atoms with Crippen LogP contribution in [0.4, 0.5) is 11.4 Å². The predicted molar refractivity (Wildman–Crippen MR) is 125 cm³/mol. The number of para-hydroxylation sites is 3. The Balaban J connectivity index is 1.42. The lowest BCUT2D eigenvalue weighted by Gasteiger charge is -2.30. The molecule has 1 fully saturated rings. The summed E-state index contributed by atoms with van der Waals surface area (Å²) in [5, 5.41) is 6.01. The summed E-state index contributed by atoms with van der Waals surface area (Å²) in [6, 6.07) is 15.5. The number of benzene rings is 2. The fourth-order valence-corrected chi connectivity index (χ4v) is 3.97. The van der Waals surface area contributed by atoms with Gasteiger partial charge in [0, 0.05) is 30.1 Å². The van der Waals surface area contributed by atoms with E-state index in [1.165, 1.54) is 6.08 Å². The van der Waals surface area contributed by atoms with Gasteiger partial charge in [-0.05, 0) is 31.2 Å². The molecule has 1 N–H and O–H groups in total. The van der Waals surface area contributed by atoms with Gasteiger partial charge in [0.15, 0.2) is 0 Å². The van der Waals surface area contributed by atoms with E-state index in [2.05, 4.69) is 15.2 Å². The Kier molecular flexibility index (Phi) is 6.96. The maximum absolute atomic E-state index is 12.6. The quantitative estimate of drug-likeness (QED) is 0.553. The first kappa shape index (κ1) is 21.1. The summed E-state index contributed by atoms with van der Waals surface area (Å²) in [5.74, 6) is 0.525. The van der Waals surface area contributed by atoms with Crippen LogP contribution in [0.5, 0.6) is 5.75 Å². The van der Waals surface area contributed by atoms with E-state index in [1.807, 2.05) is 60.8 Å². The van der Waals surface area contributed by atoms with Crippen molar-refractivity contribution < 1.29 is 14.3 Å². The number of carbonyl (C=O) groups is 1. The Morgan fingerprint density at radius 2 is 1.97 bits per heavy atom. The number of amides is 1. The van der Waals surface area contributed by atoms with Crippen LogP contribution >= 0.6 is 11.3 Å². The highest BCUT2D eigenvalue weighted by Gasteiger charge is 2.15. The van der Waals surface area contributed by atoms with Gasteiger partial charge in [-0.2, -0.15) is 0 Å². The average molecular weight is 436 g/mol. The summed E-state index contributed by atoms with van der Waals surface area (Å²) in [7, 11) is 0. The van der Waals surface area contributed by atoms with Crippen LogP contribution in [0.3, 0.4) is 0 Å². The molecule has 0 unspecified atom stereocenters. The fourth-order valence-electron chi connectivity index (χ4n) is 3.38. The van der Waals surface area contributed by atoms with E-state index in [9.17, 15) is 4.79 Å². The summed E-state index contributed by atoms with van der Waals surface area (Å²) >= 11 is 1.60. The van der Waals surface area contributed by atoms with Gasteiger partial charge in [-0.3, -0.25) is 4.79 Å². The number of ether oxygens (including phenoxy) is 2. The molecule has 0 saturated carbocycles. The molecule has 0 atom stereocenters. The van der Waals surface area contributed by atoms with Gasteiger partial charge < -0.3 is 19.7 Å². The SMILES string of the molecule is Cc1nc(COc2ccccc2/C=C/C(=O)Nc2ccccc2N2CCOCC2)cs1. The lowest BCUT2D eigenvalue weighted by molar-refractivity contribution is -0.111. The second-order valence-electron chi connectivity index (χ2n) is 7.12. The molecule has 0 spiro atoms. The maximum Gasteiger partial charge on any atom is 0.248 e. The third-order valence-electron chi connectivity index (χ3n) is 4.89. The van der Waals surface area contributed by atoms with Crippen molar-refractivity contribution in [3.8, 4) is 5.75 Å². The van der Waals surface area contributed by atoms with Crippen LogP contribution in [-0.4, -0.2) is 37.2 Å². The van der Waals surface area contributed by atoms with E-state index in [0.29, 0.717) is 25.6 Å². The number of nitrogens with one attached hydrogen (secondary N) is 1. The third-order valence-corrected chi connectivity index (χ3v) is 5.71. The molecule has 1 amide bonds. The average Bonchev–Trinajstić information content (AvgIpc) is 3.23. The van der Waals surface area contributed by atoms with Crippen LogP contribution in [0.25, 0.3) is 6.08 Å². The zero-order valence-electron chi connectivity index (χ0n) is 17.4. The molecule has 0 bridgehead atoms. The lowest BCUT2D eigenvalue weighted by Crippen LogP contribution is -2.36. The standard InChI is InChI=1S/C24H25N3O3S/c1-18-25-20(17-31-18)16-30-23-9-5-2-6-19(23)10-11-24(28)26-21-7-3-4-8-22(21)27-12-14-29-15-13-27/h2-11,17H,12-16H2,1H3,(H,26,28)/b11-10+. The lowest BCUT2D eigenvalue weighted by atomic mass is 10.2. The van der Waals surface area contributed by atoms with Gasteiger partial charge in [-0.25, -0.2) is 4.98 Å². The summed E-state index contributed by atoms with van der Waals surface area (Å²) in [6.45, 7) is 5.38. The minimum Gasteiger partial charge on any atom is -0.487 e. The van der Waals surface area contributed by atoms with E-state index in [1.54, 1.807) is 17.4 Å². The number of rotatable bonds is 7. The Morgan fingerprint density at radius 1 is 1.19 bits per heavy atom. The minimum atomic E-state index is -0.189. The number of carbonyl (C=O) groups excluding carboxylic acids is 1. The van der Waals surface area contributed by atoms with Crippen LogP contribution in [0.1, 0.15) is 16.3 Å². The number of hydrogen-bond acceptors (Lipinski definition) is 6. The highest BCUT2D eigenvalue weighted by atomic mass is 32.1. The van der Waals surface area contributed by atoms with Gasteiger partial charge in [0.25, 0.3) is 0 Å². The van der Waals surface area contributed by atoms with E-state index in [4.69, 9.17) is 9.47 Å². The maximum atomic E-state index is 12.6. The molecule has 3 aromatic rings. The Bertz CT molecular complexity index is 1060. The minimum absolute atomic E-state index is 0.189. The first-order valence-electron chi connectivity index (χ1n) is 10.2. The molecule has 0 aliphatic carbocycles. The summed E-state index contributed by atoms with van der Waals surface area (Å²) in [6.07, 6.45) is 3.31. The van der Waals surface area contributed by atoms with Crippen LogP contribution in [-0.2, 0) is 16.1 Å². The van der Waals surface area contributed by atoms with Crippen molar-refractivity contribution in [2.24, 2.45) is 0 Å². The molecular formula is C24H25N3O3S. The highest BCUT2D eigenvalue weighted by molar-refractivity contribution is 7.09. The number of hydrogen-bond donors (Lipinski definition) is 1. The van der Waals surface area contributed by atoms with Crippen LogP contribution in [0.2, 0.25) is 0 Å². The van der Waals surface area contributed by atoms with E-state index < -0.39 is 0 Å². The highest BCUT2D eigenvalue weighted by Crippen LogP contribution is 2.27. The normalized spacial score (nSPS) is 14.0. The predicted octanol–water partition coefficient (Wildman–Crippen LogP) is 4.52. The second kappa shape index (κ2) is 10.2. The number of aromatic nitrogens is 1. The van der Waals surface area contributed by atoms with Crippen molar-refractivity contribution in [3.63, 3.8) is 0 Å². The Hall–Kier alpha value is -3.16. The summed E-state index contributed by atoms with van der Waals surface area (Å²) < 4.78 is 11.4. The Labute approximate surface area is 186 Å². The third kappa shape index (κ3) is 5.71. The van der Waals surface area contributed by atoms with Crippen molar-refractivity contribution in [3.05, 3.63) is 76.3 Å².